The van der Waals surface area contributed by atoms with Crippen LogP contribution in [-0.2, 0) is 0 Å². The maximum atomic E-state index is 9.06. The summed E-state index contributed by atoms with van der Waals surface area (Å²) in [5.74, 6) is 0.278. The summed E-state index contributed by atoms with van der Waals surface area (Å²) in [5.41, 5.74) is 8.57. The van der Waals surface area contributed by atoms with Gasteiger partial charge in [0.25, 0.3) is 0 Å². The lowest BCUT2D eigenvalue weighted by molar-refractivity contribution is 0.266. The topological polar surface area (TPSA) is 46.2 Å². The van der Waals surface area contributed by atoms with Crippen molar-refractivity contribution in [3.8, 4) is 0 Å². The summed E-state index contributed by atoms with van der Waals surface area (Å²) in [6.45, 7) is 4.37. The standard InChI is InChI=1S/C13H21NO/c1-3-13(14)12(7-8-15)11-6-4-5-10(2)9-11/h4-6,9,12-13,15H,3,7-8,14H2,1-2H3. The van der Waals surface area contributed by atoms with Crippen molar-refractivity contribution in [2.75, 3.05) is 6.61 Å². The Balaban J connectivity index is 2.88. The summed E-state index contributed by atoms with van der Waals surface area (Å²) in [6.07, 6.45) is 1.69. The smallest absolute Gasteiger partial charge is 0.0437 e. The first kappa shape index (κ1) is 12.2. The lowest BCUT2D eigenvalue weighted by atomic mass is 9.87. The fourth-order valence-corrected chi connectivity index (χ4v) is 1.95. The summed E-state index contributed by atoms with van der Waals surface area (Å²) in [5, 5.41) is 9.06. The van der Waals surface area contributed by atoms with E-state index in [1.165, 1.54) is 11.1 Å². The van der Waals surface area contributed by atoms with Gasteiger partial charge < -0.3 is 10.8 Å². The first-order valence-electron chi connectivity index (χ1n) is 5.62. The third-order valence-corrected chi connectivity index (χ3v) is 2.90. The highest BCUT2D eigenvalue weighted by atomic mass is 16.3. The fourth-order valence-electron chi connectivity index (χ4n) is 1.95. The van der Waals surface area contributed by atoms with Crippen LogP contribution in [0.3, 0.4) is 0 Å². The Hall–Kier alpha value is -0.860. The minimum Gasteiger partial charge on any atom is -0.396 e. The second-order valence-corrected chi connectivity index (χ2v) is 4.11. The van der Waals surface area contributed by atoms with Crippen LogP contribution in [0.5, 0.6) is 0 Å². The van der Waals surface area contributed by atoms with E-state index in [1.807, 2.05) is 0 Å². The van der Waals surface area contributed by atoms with Crippen molar-refractivity contribution in [2.24, 2.45) is 5.73 Å². The van der Waals surface area contributed by atoms with Crippen molar-refractivity contribution in [1.82, 2.24) is 0 Å². The Morgan fingerprint density at radius 3 is 2.67 bits per heavy atom. The molecule has 0 aliphatic rings. The van der Waals surface area contributed by atoms with Crippen LogP contribution in [0, 0.1) is 6.92 Å². The van der Waals surface area contributed by atoms with Gasteiger partial charge in [0.2, 0.25) is 0 Å². The zero-order chi connectivity index (χ0) is 11.3. The van der Waals surface area contributed by atoms with Crippen molar-refractivity contribution < 1.29 is 5.11 Å². The summed E-state index contributed by atoms with van der Waals surface area (Å²) < 4.78 is 0. The molecular formula is C13H21NO. The van der Waals surface area contributed by atoms with E-state index in [0.717, 1.165) is 12.8 Å². The van der Waals surface area contributed by atoms with Gasteiger partial charge in [-0.25, -0.2) is 0 Å². The molecule has 0 saturated carbocycles. The number of rotatable bonds is 5. The first-order chi connectivity index (χ1) is 7.19. The van der Waals surface area contributed by atoms with Gasteiger partial charge >= 0.3 is 0 Å². The lowest BCUT2D eigenvalue weighted by Gasteiger charge is -2.22. The largest absolute Gasteiger partial charge is 0.396 e. The van der Waals surface area contributed by atoms with E-state index in [0.29, 0.717) is 0 Å². The summed E-state index contributed by atoms with van der Waals surface area (Å²) >= 11 is 0. The minimum absolute atomic E-state index is 0.138. The number of hydrogen-bond acceptors (Lipinski definition) is 2. The Morgan fingerprint density at radius 1 is 1.40 bits per heavy atom. The molecule has 1 rings (SSSR count). The molecule has 3 N–H and O–H groups in total. The normalized spacial score (nSPS) is 14.9. The van der Waals surface area contributed by atoms with Crippen LogP contribution in [0.25, 0.3) is 0 Å². The zero-order valence-corrected chi connectivity index (χ0v) is 9.61. The first-order valence-corrected chi connectivity index (χ1v) is 5.62. The molecule has 0 bridgehead atoms. The molecule has 1 aromatic rings. The van der Waals surface area contributed by atoms with Gasteiger partial charge in [0.05, 0.1) is 0 Å². The fraction of sp³-hybridized carbons (Fsp3) is 0.538. The monoisotopic (exact) mass is 207 g/mol. The van der Waals surface area contributed by atoms with Crippen LogP contribution in [0.1, 0.15) is 36.8 Å². The van der Waals surface area contributed by atoms with Crippen molar-refractivity contribution >= 4 is 0 Å². The second-order valence-electron chi connectivity index (χ2n) is 4.11. The van der Waals surface area contributed by atoms with Crippen LogP contribution in [0.2, 0.25) is 0 Å². The lowest BCUT2D eigenvalue weighted by Crippen LogP contribution is -2.28. The predicted molar refractivity (Wildman–Crippen MR) is 63.9 cm³/mol. The van der Waals surface area contributed by atoms with Crippen molar-refractivity contribution in [3.63, 3.8) is 0 Å². The zero-order valence-electron chi connectivity index (χ0n) is 9.61. The molecule has 0 fully saturated rings. The van der Waals surface area contributed by atoms with Crippen molar-refractivity contribution in [1.29, 1.82) is 0 Å². The van der Waals surface area contributed by atoms with Gasteiger partial charge in [0, 0.05) is 18.6 Å². The summed E-state index contributed by atoms with van der Waals surface area (Å²) in [4.78, 5) is 0. The van der Waals surface area contributed by atoms with E-state index >= 15 is 0 Å². The molecule has 0 aliphatic heterocycles. The van der Waals surface area contributed by atoms with Gasteiger partial charge in [-0.2, -0.15) is 0 Å². The highest BCUT2D eigenvalue weighted by Gasteiger charge is 2.17. The van der Waals surface area contributed by atoms with Crippen molar-refractivity contribution in [3.05, 3.63) is 35.4 Å². The van der Waals surface area contributed by atoms with Crippen molar-refractivity contribution in [2.45, 2.75) is 38.6 Å². The maximum Gasteiger partial charge on any atom is 0.0437 e. The molecule has 2 nitrogen and oxygen atoms in total. The van der Waals surface area contributed by atoms with Crippen LogP contribution in [-0.4, -0.2) is 17.8 Å². The molecule has 0 amide bonds. The highest BCUT2D eigenvalue weighted by molar-refractivity contribution is 5.26. The molecule has 1 aromatic carbocycles. The number of aryl methyl sites for hydroxylation is 1. The molecule has 2 atom stereocenters. The highest BCUT2D eigenvalue weighted by Crippen LogP contribution is 2.24. The Labute approximate surface area is 92.1 Å². The van der Waals surface area contributed by atoms with E-state index < -0.39 is 0 Å². The second kappa shape index (κ2) is 5.89. The van der Waals surface area contributed by atoms with Crippen LogP contribution in [0.4, 0.5) is 0 Å². The van der Waals surface area contributed by atoms with Crippen LogP contribution >= 0.6 is 0 Å². The van der Waals surface area contributed by atoms with Gasteiger partial charge in [0.1, 0.15) is 0 Å². The SMILES string of the molecule is CCC(N)C(CCO)c1cccc(C)c1. The summed E-state index contributed by atoms with van der Waals surface area (Å²) in [7, 11) is 0. The molecule has 84 valence electrons. The number of aliphatic hydroxyl groups is 1. The molecule has 0 aliphatic carbocycles. The third kappa shape index (κ3) is 3.33. The van der Waals surface area contributed by atoms with Gasteiger partial charge in [0.15, 0.2) is 0 Å². The molecule has 0 heterocycles. The number of aliphatic hydroxyl groups excluding tert-OH is 1. The number of hydrogen-bond donors (Lipinski definition) is 2. The average Bonchev–Trinajstić information content (AvgIpc) is 2.25. The minimum atomic E-state index is 0.138. The van der Waals surface area contributed by atoms with E-state index in [4.69, 9.17) is 10.8 Å². The number of benzene rings is 1. The van der Waals surface area contributed by atoms with E-state index in [-0.39, 0.29) is 18.6 Å². The van der Waals surface area contributed by atoms with Gasteiger partial charge in [-0.15, -0.1) is 0 Å². The maximum absolute atomic E-state index is 9.06. The van der Waals surface area contributed by atoms with E-state index in [9.17, 15) is 0 Å². The van der Waals surface area contributed by atoms with E-state index in [1.54, 1.807) is 0 Å². The van der Waals surface area contributed by atoms with Gasteiger partial charge in [-0.1, -0.05) is 36.8 Å². The average molecular weight is 207 g/mol. The van der Waals surface area contributed by atoms with Gasteiger partial charge in [-0.3, -0.25) is 0 Å². The number of nitrogens with two attached hydrogens (primary N) is 1. The van der Waals surface area contributed by atoms with E-state index in [2.05, 4.69) is 38.1 Å². The molecule has 0 spiro atoms. The molecular weight excluding hydrogens is 186 g/mol. The van der Waals surface area contributed by atoms with Crippen LogP contribution < -0.4 is 5.73 Å². The predicted octanol–water partition coefficient (Wildman–Crippen LogP) is 2.20. The summed E-state index contributed by atoms with van der Waals surface area (Å²) in [6, 6.07) is 8.53. The molecule has 0 aromatic heterocycles. The molecule has 2 heteroatoms. The molecule has 0 radical (unpaired) electrons. The Morgan fingerprint density at radius 2 is 2.13 bits per heavy atom. The Bertz CT molecular complexity index is 298. The van der Waals surface area contributed by atoms with Crippen LogP contribution in [0.15, 0.2) is 24.3 Å². The molecule has 0 saturated heterocycles. The quantitative estimate of drug-likeness (QED) is 0.777. The Kier molecular flexibility index (Phi) is 4.79. The van der Waals surface area contributed by atoms with Gasteiger partial charge in [-0.05, 0) is 25.3 Å². The third-order valence-electron chi connectivity index (χ3n) is 2.90. The molecule has 2 unspecified atom stereocenters. The molecule has 15 heavy (non-hydrogen) atoms.